The number of nitrogen functional groups attached to an aromatic ring is 1. The van der Waals surface area contributed by atoms with Gasteiger partial charge in [0.25, 0.3) is 5.56 Å². The van der Waals surface area contributed by atoms with E-state index in [1.54, 1.807) is 18.4 Å². The van der Waals surface area contributed by atoms with Crippen LogP contribution in [0.25, 0.3) is 10.1 Å². The molecule has 1 aromatic carbocycles. The maximum atomic E-state index is 11.6. The molecule has 0 aliphatic carbocycles. The summed E-state index contributed by atoms with van der Waals surface area (Å²) in [6.45, 7) is 4.49. The van der Waals surface area contributed by atoms with Gasteiger partial charge in [0.15, 0.2) is 0 Å². The lowest BCUT2D eigenvalue weighted by Crippen LogP contribution is -2.39. The predicted molar refractivity (Wildman–Crippen MR) is 111 cm³/mol. The summed E-state index contributed by atoms with van der Waals surface area (Å²) in [5.41, 5.74) is 6.08. The van der Waals surface area contributed by atoms with Gasteiger partial charge >= 0.3 is 5.69 Å². The van der Waals surface area contributed by atoms with E-state index in [1.807, 2.05) is 20.1 Å². The quantitative estimate of drug-likeness (QED) is 0.718. The van der Waals surface area contributed by atoms with Gasteiger partial charge in [0.1, 0.15) is 5.82 Å². The van der Waals surface area contributed by atoms with Gasteiger partial charge in [-0.2, -0.15) is 0 Å². The topological polar surface area (TPSA) is 82.4 Å². The highest BCUT2D eigenvalue weighted by molar-refractivity contribution is 7.17. The van der Waals surface area contributed by atoms with E-state index in [0.29, 0.717) is 12.5 Å². The summed E-state index contributed by atoms with van der Waals surface area (Å²) in [6.07, 6.45) is 1.90. The van der Waals surface area contributed by atoms with Crippen LogP contribution in [0.4, 0.5) is 5.82 Å². The average Bonchev–Trinajstić information content (AvgIpc) is 3.01. The Morgan fingerprint density at radius 1 is 1.27 bits per heavy atom. The zero-order chi connectivity index (χ0) is 19.3. The average molecular weight is 372 g/mol. The van der Waals surface area contributed by atoms with Crippen LogP contribution in [-0.2, 0) is 13.6 Å². The van der Waals surface area contributed by atoms with E-state index in [0.717, 1.165) is 4.57 Å². The van der Waals surface area contributed by atoms with E-state index in [2.05, 4.69) is 34.6 Å². The third-order valence-corrected chi connectivity index (χ3v) is 4.74. The molecular formula is C19H24N4O2S. The molecule has 0 saturated heterocycles. The lowest BCUT2D eigenvalue weighted by Gasteiger charge is -2.12. The molecule has 0 atom stereocenters. The van der Waals surface area contributed by atoms with Gasteiger partial charge in [0.2, 0.25) is 0 Å². The van der Waals surface area contributed by atoms with Crippen molar-refractivity contribution in [2.75, 3.05) is 12.8 Å². The fraction of sp³-hybridized carbons (Fsp3) is 0.316. The normalized spacial score (nSPS) is 11.1. The molecule has 0 saturated carbocycles. The minimum Gasteiger partial charge on any atom is -0.385 e. The van der Waals surface area contributed by atoms with Crippen LogP contribution in [0.3, 0.4) is 0 Å². The number of benzene rings is 1. The molecule has 2 heterocycles. The highest BCUT2D eigenvalue weighted by atomic mass is 32.1. The third kappa shape index (κ3) is 4.49. The standard InChI is InChI=1S/C10H9NS.C9H15N3O2/c1-11-6-8-7-12-10-5-3-2-4-9(8)10;1-6(2)5-12-7(10)4-8(13)11(3)9(12)14/h2-7H,1H3;4,6H,5,10H2,1-3H3. The second-order valence-electron chi connectivity index (χ2n) is 6.33. The molecule has 0 spiro atoms. The molecule has 0 radical (unpaired) electrons. The maximum Gasteiger partial charge on any atom is 0.332 e. The zero-order valence-corrected chi connectivity index (χ0v) is 16.3. The Hall–Kier alpha value is -2.67. The summed E-state index contributed by atoms with van der Waals surface area (Å²) in [4.78, 5) is 26.8. The van der Waals surface area contributed by atoms with Gasteiger partial charge in [-0.15, -0.1) is 11.3 Å². The molecule has 0 unspecified atom stereocenters. The number of aliphatic imine (C=N–C) groups is 1. The number of aromatic nitrogens is 2. The SMILES string of the molecule is CC(C)Cn1c(N)cc(=O)n(C)c1=O.CN=Cc1csc2ccccc12. The van der Waals surface area contributed by atoms with E-state index in [4.69, 9.17) is 5.73 Å². The van der Waals surface area contributed by atoms with Gasteiger partial charge in [-0.25, -0.2) is 4.79 Å². The van der Waals surface area contributed by atoms with E-state index in [-0.39, 0.29) is 17.1 Å². The largest absolute Gasteiger partial charge is 0.385 e. The summed E-state index contributed by atoms with van der Waals surface area (Å²) < 4.78 is 3.79. The fourth-order valence-corrected chi connectivity index (χ4v) is 3.38. The van der Waals surface area contributed by atoms with Crippen LogP contribution in [-0.4, -0.2) is 22.4 Å². The predicted octanol–water partition coefficient (Wildman–Crippen LogP) is 2.74. The molecule has 0 aliphatic rings. The first-order chi connectivity index (χ1) is 12.3. The first-order valence-electron chi connectivity index (χ1n) is 8.30. The van der Waals surface area contributed by atoms with Crippen LogP contribution in [0.5, 0.6) is 0 Å². The number of rotatable bonds is 3. The Bertz CT molecular complexity index is 1030. The smallest absolute Gasteiger partial charge is 0.332 e. The van der Waals surface area contributed by atoms with Crippen LogP contribution in [0.2, 0.25) is 0 Å². The van der Waals surface area contributed by atoms with Gasteiger partial charge in [-0.3, -0.25) is 18.9 Å². The number of anilines is 1. The second kappa shape index (κ2) is 8.62. The van der Waals surface area contributed by atoms with Crippen molar-refractivity contribution in [1.82, 2.24) is 9.13 Å². The monoisotopic (exact) mass is 372 g/mol. The molecule has 0 amide bonds. The fourth-order valence-electron chi connectivity index (χ4n) is 2.47. The number of hydrogen-bond donors (Lipinski definition) is 1. The lowest BCUT2D eigenvalue weighted by molar-refractivity contribution is 0.493. The molecule has 0 bridgehead atoms. The Morgan fingerprint density at radius 3 is 2.62 bits per heavy atom. The van der Waals surface area contributed by atoms with Crippen LogP contribution in [0.15, 0.2) is 50.3 Å². The number of hydrogen-bond acceptors (Lipinski definition) is 5. The van der Waals surface area contributed by atoms with Gasteiger partial charge in [-0.1, -0.05) is 32.0 Å². The summed E-state index contributed by atoms with van der Waals surface area (Å²) >= 11 is 1.76. The number of fused-ring (bicyclic) bond motifs is 1. The highest BCUT2D eigenvalue weighted by Crippen LogP contribution is 2.23. The van der Waals surface area contributed by atoms with Gasteiger partial charge in [0.05, 0.1) is 0 Å². The summed E-state index contributed by atoms with van der Waals surface area (Å²) in [5, 5.41) is 3.44. The number of nitrogens with two attached hydrogens (primary N) is 1. The van der Waals surface area contributed by atoms with Crippen molar-refractivity contribution in [2.45, 2.75) is 20.4 Å². The highest BCUT2D eigenvalue weighted by Gasteiger charge is 2.07. The molecule has 3 rings (SSSR count). The van der Waals surface area contributed by atoms with Crippen LogP contribution in [0.1, 0.15) is 19.4 Å². The number of thiophene rings is 1. The molecule has 26 heavy (non-hydrogen) atoms. The van der Waals surface area contributed by atoms with E-state index in [1.165, 1.54) is 33.3 Å². The molecule has 3 aromatic rings. The minimum atomic E-state index is -0.368. The van der Waals surface area contributed by atoms with Gasteiger partial charge in [-0.05, 0) is 12.0 Å². The summed E-state index contributed by atoms with van der Waals surface area (Å²) in [5.74, 6) is 0.541. The van der Waals surface area contributed by atoms with Crippen molar-refractivity contribution in [1.29, 1.82) is 0 Å². The van der Waals surface area contributed by atoms with Crippen molar-refractivity contribution in [2.24, 2.45) is 18.0 Å². The van der Waals surface area contributed by atoms with Crippen molar-refractivity contribution < 1.29 is 0 Å². The Balaban J connectivity index is 0.000000189. The maximum absolute atomic E-state index is 11.6. The van der Waals surface area contributed by atoms with E-state index < -0.39 is 0 Å². The zero-order valence-electron chi connectivity index (χ0n) is 15.5. The Kier molecular flexibility index (Phi) is 6.52. The van der Waals surface area contributed by atoms with Crippen molar-refractivity contribution >= 4 is 33.5 Å². The van der Waals surface area contributed by atoms with Gasteiger partial charge in [0, 0.05) is 54.0 Å². The van der Waals surface area contributed by atoms with Crippen LogP contribution < -0.4 is 17.0 Å². The van der Waals surface area contributed by atoms with Crippen molar-refractivity contribution in [3.05, 3.63) is 62.1 Å². The Morgan fingerprint density at radius 2 is 1.96 bits per heavy atom. The minimum absolute atomic E-state index is 0.229. The van der Waals surface area contributed by atoms with Crippen molar-refractivity contribution in [3.63, 3.8) is 0 Å². The lowest BCUT2D eigenvalue weighted by atomic mass is 10.2. The number of nitrogens with zero attached hydrogens (tertiary/aromatic N) is 3. The molecule has 0 fully saturated rings. The molecule has 2 N–H and O–H groups in total. The first-order valence-corrected chi connectivity index (χ1v) is 9.17. The van der Waals surface area contributed by atoms with Crippen LogP contribution >= 0.6 is 11.3 Å². The summed E-state index contributed by atoms with van der Waals surface area (Å²) in [6, 6.07) is 9.65. The Labute approximate surface area is 156 Å². The van der Waals surface area contributed by atoms with Crippen molar-refractivity contribution in [3.8, 4) is 0 Å². The van der Waals surface area contributed by atoms with E-state index in [9.17, 15) is 9.59 Å². The van der Waals surface area contributed by atoms with E-state index >= 15 is 0 Å². The molecular weight excluding hydrogens is 348 g/mol. The van der Waals surface area contributed by atoms with Gasteiger partial charge < -0.3 is 5.73 Å². The second-order valence-corrected chi connectivity index (χ2v) is 7.24. The molecule has 7 heteroatoms. The molecule has 2 aromatic heterocycles. The molecule has 0 aliphatic heterocycles. The van der Waals surface area contributed by atoms with Crippen LogP contribution in [0, 0.1) is 5.92 Å². The third-order valence-electron chi connectivity index (χ3n) is 3.76. The molecule has 138 valence electrons. The first kappa shape index (κ1) is 19.7. The molecule has 6 nitrogen and oxygen atoms in total. The summed E-state index contributed by atoms with van der Waals surface area (Å²) in [7, 11) is 3.24.